The lowest BCUT2D eigenvalue weighted by molar-refractivity contribution is -0.0251. The minimum Gasteiger partial charge on any atom is -0.445 e. The summed E-state index contributed by atoms with van der Waals surface area (Å²) in [5, 5.41) is 0.194. The Bertz CT molecular complexity index is 1150. The number of rotatable bonds is 7. The van der Waals surface area contributed by atoms with E-state index in [1.807, 2.05) is 60.7 Å². The van der Waals surface area contributed by atoms with Crippen LogP contribution in [0.2, 0.25) is 0 Å². The van der Waals surface area contributed by atoms with Crippen LogP contribution in [0.15, 0.2) is 60.7 Å². The Morgan fingerprint density at radius 1 is 1.00 bits per heavy atom. The minimum atomic E-state index is -3.89. The monoisotopic (exact) mass is 602 g/mol. The van der Waals surface area contributed by atoms with E-state index in [4.69, 9.17) is 36.9 Å². The second-order valence-electron chi connectivity index (χ2n) is 9.88. The van der Waals surface area contributed by atoms with Crippen molar-refractivity contribution in [1.82, 2.24) is 9.80 Å². The van der Waals surface area contributed by atoms with Crippen molar-refractivity contribution in [1.29, 1.82) is 0 Å². The number of hydrogen-bond donors (Lipinski definition) is 0. The predicted molar refractivity (Wildman–Crippen MR) is 151 cm³/mol. The Hall–Kier alpha value is -2.53. The van der Waals surface area contributed by atoms with Gasteiger partial charge in [0.2, 0.25) is 0 Å². The van der Waals surface area contributed by atoms with Gasteiger partial charge in [0, 0.05) is 13.1 Å². The first-order valence-corrected chi connectivity index (χ1v) is 15.2. The first-order valence-electron chi connectivity index (χ1n) is 12.3. The second kappa shape index (κ2) is 15.3. The lowest BCUT2D eigenvalue weighted by atomic mass is 10.00. The zero-order valence-corrected chi connectivity index (χ0v) is 24.9. The molecule has 0 spiro atoms. The highest BCUT2D eigenvalue weighted by molar-refractivity contribution is 7.86. The highest BCUT2D eigenvalue weighted by Crippen LogP contribution is 2.26. The number of carbonyl (C=O) groups excluding carboxylic acids is 2. The Kier molecular flexibility index (Phi) is 12.8. The lowest BCUT2D eigenvalue weighted by Gasteiger charge is -2.42. The molecule has 1 saturated heterocycles. The molecular formula is C27H36Cl2N2O7S. The van der Waals surface area contributed by atoms with Gasteiger partial charge in [0.05, 0.1) is 24.2 Å². The van der Waals surface area contributed by atoms with Gasteiger partial charge in [0.15, 0.2) is 0 Å². The number of nitrogens with zero attached hydrogens (tertiary/aromatic N) is 2. The molecule has 0 aliphatic carbocycles. The van der Waals surface area contributed by atoms with E-state index in [1.54, 1.807) is 20.8 Å². The molecule has 3 rings (SSSR count). The van der Waals surface area contributed by atoms with Gasteiger partial charge in [-0.15, -0.1) is 23.2 Å². The molecule has 0 saturated carbocycles. The quantitative estimate of drug-likeness (QED) is 0.300. The summed E-state index contributed by atoms with van der Waals surface area (Å²) in [5.74, 6) is 0. The zero-order chi connectivity index (χ0) is 29.1. The number of alkyl halides is 2. The summed E-state index contributed by atoms with van der Waals surface area (Å²) in [7, 11) is -3.89. The first kappa shape index (κ1) is 32.7. The summed E-state index contributed by atoms with van der Waals surface area (Å²) in [5.41, 5.74) is 0.941. The van der Waals surface area contributed by atoms with Gasteiger partial charge in [-0.25, -0.2) is 9.59 Å². The molecule has 2 aromatic rings. The molecule has 12 heteroatoms. The maximum absolute atomic E-state index is 13.2. The molecule has 1 aliphatic heterocycles. The van der Waals surface area contributed by atoms with E-state index in [-0.39, 0.29) is 38.0 Å². The standard InChI is InChI=1S/C26H34N2O7S.CH2Cl2/c1-26(2,3)34-25(30)28(17-20-11-7-5-8-12-20)22-15-16-27(18-23(22)35-36(4,31)32)24(29)33-19-21-13-9-6-10-14-21;2-1-3/h5-14,22-23H,15-19H2,1-4H3;1H2/t22-,23-;/m1./s1. The van der Waals surface area contributed by atoms with E-state index in [0.29, 0.717) is 0 Å². The van der Waals surface area contributed by atoms with E-state index in [9.17, 15) is 18.0 Å². The van der Waals surface area contributed by atoms with E-state index >= 15 is 0 Å². The highest BCUT2D eigenvalue weighted by Gasteiger charge is 2.41. The van der Waals surface area contributed by atoms with Crippen molar-refractivity contribution in [3.8, 4) is 0 Å². The molecule has 1 aliphatic rings. The average molecular weight is 604 g/mol. The third kappa shape index (κ3) is 12.0. The molecule has 39 heavy (non-hydrogen) atoms. The molecule has 0 bridgehead atoms. The van der Waals surface area contributed by atoms with Crippen LogP contribution in [0.25, 0.3) is 0 Å². The summed E-state index contributed by atoms with van der Waals surface area (Å²) in [4.78, 5) is 28.9. The molecule has 1 heterocycles. The van der Waals surface area contributed by atoms with E-state index in [2.05, 4.69) is 0 Å². The average Bonchev–Trinajstić information content (AvgIpc) is 2.86. The zero-order valence-electron chi connectivity index (χ0n) is 22.6. The fourth-order valence-electron chi connectivity index (χ4n) is 3.97. The van der Waals surface area contributed by atoms with Crippen LogP contribution in [-0.4, -0.2) is 72.8 Å². The number of piperidine rings is 1. The van der Waals surface area contributed by atoms with Crippen LogP contribution in [0.4, 0.5) is 9.59 Å². The second-order valence-corrected chi connectivity index (χ2v) is 12.3. The fraction of sp³-hybridized carbons (Fsp3) is 0.481. The van der Waals surface area contributed by atoms with Crippen molar-refractivity contribution in [3.05, 3.63) is 71.8 Å². The van der Waals surface area contributed by atoms with Gasteiger partial charge in [0.1, 0.15) is 18.3 Å². The molecular weight excluding hydrogens is 567 g/mol. The van der Waals surface area contributed by atoms with Gasteiger partial charge in [-0.3, -0.25) is 9.08 Å². The number of benzene rings is 2. The molecule has 0 radical (unpaired) electrons. The molecule has 9 nitrogen and oxygen atoms in total. The van der Waals surface area contributed by atoms with Crippen LogP contribution in [0, 0.1) is 0 Å². The maximum atomic E-state index is 13.2. The molecule has 1 fully saturated rings. The smallest absolute Gasteiger partial charge is 0.410 e. The van der Waals surface area contributed by atoms with Crippen molar-refractivity contribution in [2.45, 2.75) is 58.1 Å². The molecule has 2 atom stereocenters. The first-order chi connectivity index (χ1) is 18.3. The number of halogens is 2. The largest absolute Gasteiger partial charge is 0.445 e. The Balaban J connectivity index is 0.00000170. The molecule has 216 valence electrons. The number of ether oxygens (including phenoxy) is 2. The number of carbonyl (C=O) groups is 2. The Labute approximate surface area is 241 Å². The molecule has 0 N–H and O–H groups in total. The van der Waals surface area contributed by atoms with Crippen LogP contribution in [-0.2, 0) is 36.9 Å². The van der Waals surface area contributed by atoms with Gasteiger partial charge in [-0.05, 0) is 38.3 Å². The third-order valence-electron chi connectivity index (χ3n) is 5.51. The molecule has 0 unspecified atom stereocenters. The van der Waals surface area contributed by atoms with E-state index < -0.39 is 40.1 Å². The van der Waals surface area contributed by atoms with E-state index in [0.717, 1.165) is 17.4 Å². The Morgan fingerprint density at radius 3 is 2.05 bits per heavy atom. The number of likely N-dealkylation sites (tertiary alicyclic amines) is 1. The number of hydrogen-bond acceptors (Lipinski definition) is 7. The van der Waals surface area contributed by atoms with E-state index in [1.165, 1.54) is 9.80 Å². The normalized spacial score (nSPS) is 17.4. The van der Waals surface area contributed by atoms with Gasteiger partial charge in [-0.2, -0.15) is 8.42 Å². The van der Waals surface area contributed by atoms with Gasteiger partial charge >= 0.3 is 12.2 Å². The van der Waals surface area contributed by atoms with Gasteiger partial charge < -0.3 is 14.4 Å². The van der Waals surface area contributed by atoms with Crippen molar-refractivity contribution >= 4 is 45.5 Å². The van der Waals surface area contributed by atoms with Crippen LogP contribution < -0.4 is 0 Å². The van der Waals surface area contributed by atoms with Gasteiger partial charge in [-0.1, -0.05) is 60.7 Å². The molecule has 2 aromatic carbocycles. The van der Waals surface area contributed by atoms with Gasteiger partial charge in [0.25, 0.3) is 10.1 Å². The summed E-state index contributed by atoms with van der Waals surface area (Å²) >= 11 is 9.53. The summed E-state index contributed by atoms with van der Waals surface area (Å²) in [6, 6.07) is 18.0. The maximum Gasteiger partial charge on any atom is 0.410 e. The SMILES string of the molecule is CC(C)(C)OC(=O)N(Cc1ccccc1)[C@@H]1CCN(C(=O)OCc2ccccc2)C[C@H]1OS(C)(=O)=O.ClCCl. The topological polar surface area (TPSA) is 102 Å². The highest BCUT2D eigenvalue weighted by atomic mass is 35.5. The molecule has 2 amide bonds. The Morgan fingerprint density at radius 2 is 1.54 bits per heavy atom. The predicted octanol–water partition coefficient (Wildman–Crippen LogP) is 5.60. The van der Waals surface area contributed by atoms with Crippen LogP contribution in [0.5, 0.6) is 0 Å². The number of amides is 2. The minimum absolute atomic E-state index is 0.0561. The lowest BCUT2D eigenvalue weighted by Crippen LogP contribution is -2.58. The summed E-state index contributed by atoms with van der Waals surface area (Å²) in [6.45, 7) is 5.79. The molecule has 0 aromatic heterocycles. The van der Waals surface area contributed by atoms with Crippen LogP contribution >= 0.6 is 23.2 Å². The fourth-order valence-corrected chi connectivity index (χ4v) is 4.61. The van der Waals surface area contributed by atoms with Crippen LogP contribution in [0.1, 0.15) is 38.3 Å². The van der Waals surface area contributed by atoms with Crippen molar-refractivity contribution in [2.24, 2.45) is 0 Å². The van der Waals surface area contributed by atoms with Crippen molar-refractivity contribution < 1.29 is 31.7 Å². The van der Waals surface area contributed by atoms with Crippen LogP contribution in [0.3, 0.4) is 0 Å². The van der Waals surface area contributed by atoms with Crippen molar-refractivity contribution in [3.63, 3.8) is 0 Å². The summed E-state index contributed by atoms with van der Waals surface area (Å²) < 4.78 is 40.7. The van der Waals surface area contributed by atoms with Crippen molar-refractivity contribution in [2.75, 3.05) is 24.7 Å². The summed E-state index contributed by atoms with van der Waals surface area (Å²) in [6.07, 6.45) is -0.919. The third-order valence-corrected chi connectivity index (χ3v) is 6.11.